The molecule has 0 unspecified atom stereocenters. The minimum absolute atomic E-state index is 0.209. The van der Waals surface area contributed by atoms with Crippen molar-refractivity contribution in [3.05, 3.63) is 0 Å². The van der Waals surface area contributed by atoms with Crippen LogP contribution in [0.2, 0.25) is 0 Å². The van der Waals surface area contributed by atoms with E-state index >= 15 is 0 Å². The molecule has 4 heteroatoms. The second-order valence-electron chi connectivity index (χ2n) is 2.24. The Bertz CT molecular complexity index is 157. The van der Waals surface area contributed by atoms with Crippen LogP contribution in [0.3, 0.4) is 0 Å². The van der Waals surface area contributed by atoms with Gasteiger partial charge in [-0.1, -0.05) is 13.8 Å². The van der Waals surface area contributed by atoms with Crippen LogP contribution in [0.1, 0.15) is 26.7 Å². The molecule has 0 aliphatic rings. The summed E-state index contributed by atoms with van der Waals surface area (Å²) in [5, 5.41) is 0. The third-order valence-corrected chi connectivity index (χ3v) is 1.32. The zero-order valence-electron chi connectivity index (χ0n) is 6.96. The number of nitrogens with two attached hydrogens (primary N) is 1. The summed E-state index contributed by atoms with van der Waals surface area (Å²) in [6, 6.07) is -0.654. The molecule has 11 heavy (non-hydrogen) atoms. The van der Waals surface area contributed by atoms with Crippen molar-refractivity contribution in [3.8, 4) is 0 Å². The molecule has 0 fully saturated rings. The first kappa shape index (κ1) is 9.94. The molecule has 2 N–H and O–H groups in total. The van der Waals surface area contributed by atoms with E-state index in [1.54, 1.807) is 6.92 Å². The fourth-order valence-corrected chi connectivity index (χ4v) is 0.772. The summed E-state index contributed by atoms with van der Waals surface area (Å²) < 4.78 is 0. The summed E-state index contributed by atoms with van der Waals surface area (Å²) in [6.07, 6.45) is 1.07. The van der Waals surface area contributed by atoms with Gasteiger partial charge in [0, 0.05) is 13.0 Å². The third kappa shape index (κ3) is 3.02. The molecule has 0 aromatic heterocycles. The Kier molecular flexibility index (Phi) is 4.26. The Hall–Kier alpha value is -1.06. The predicted octanol–water partition coefficient (Wildman–Crippen LogP) is 0.714. The van der Waals surface area contributed by atoms with Crippen molar-refractivity contribution >= 4 is 11.9 Å². The minimum atomic E-state index is -0.654. The number of urea groups is 1. The van der Waals surface area contributed by atoms with Crippen LogP contribution in [0.25, 0.3) is 0 Å². The zero-order chi connectivity index (χ0) is 8.85. The highest BCUT2D eigenvalue weighted by atomic mass is 16.2. The molecule has 0 aliphatic heterocycles. The van der Waals surface area contributed by atoms with Gasteiger partial charge in [0.15, 0.2) is 0 Å². The molecule has 0 aromatic rings. The lowest BCUT2D eigenvalue weighted by Gasteiger charge is -2.15. The molecular weight excluding hydrogens is 144 g/mol. The van der Waals surface area contributed by atoms with E-state index in [2.05, 4.69) is 0 Å². The fraction of sp³-hybridized carbons (Fsp3) is 0.714. The lowest BCUT2D eigenvalue weighted by atomic mass is 10.3. The molecule has 0 saturated heterocycles. The lowest BCUT2D eigenvalue weighted by Crippen LogP contribution is -2.40. The Morgan fingerprint density at radius 1 is 1.36 bits per heavy atom. The number of carbonyl (C=O) groups is 2. The highest BCUT2D eigenvalue weighted by Gasteiger charge is 2.14. The summed E-state index contributed by atoms with van der Waals surface area (Å²) in [5.74, 6) is -0.209. The standard InChI is InChI=1S/C7H14N2O2/c1-3-5-9(7(8)11)6(10)4-2/h3-5H2,1-2H3,(H2,8,11). The number of nitrogens with zero attached hydrogens (tertiary/aromatic N) is 1. The van der Waals surface area contributed by atoms with E-state index in [9.17, 15) is 9.59 Å². The molecule has 0 atom stereocenters. The molecule has 3 amide bonds. The van der Waals surface area contributed by atoms with Crippen LogP contribution in [0.15, 0.2) is 0 Å². The largest absolute Gasteiger partial charge is 0.351 e. The first-order valence-corrected chi connectivity index (χ1v) is 3.73. The van der Waals surface area contributed by atoms with Gasteiger partial charge in [-0.2, -0.15) is 0 Å². The molecule has 0 bridgehead atoms. The van der Waals surface area contributed by atoms with E-state index in [4.69, 9.17) is 5.73 Å². The van der Waals surface area contributed by atoms with Gasteiger partial charge in [0.2, 0.25) is 5.91 Å². The second-order valence-corrected chi connectivity index (χ2v) is 2.24. The van der Waals surface area contributed by atoms with Crippen LogP contribution in [0.5, 0.6) is 0 Å². The van der Waals surface area contributed by atoms with Gasteiger partial charge in [-0.05, 0) is 6.42 Å². The Morgan fingerprint density at radius 2 is 1.91 bits per heavy atom. The van der Waals surface area contributed by atoms with E-state index in [0.29, 0.717) is 13.0 Å². The first-order valence-electron chi connectivity index (χ1n) is 3.73. The quantitative estimate of drug-likeness (QED) is 0.657. The SMILES string of the molecule is CCCN(C(N)=O)C(=O)CC. The number of imide groups is 1. The van der Waals surface area contributed by atoms with E-state index in [0.717, 1.165) is 11.3 Å². The van der Waals surface area contributed by atoms with E-state index in [1.807, 2.05) is 6.92 Å². The topological polar surface area (TPSA) is 63.4 Å². The van der Waals surface area contributed by atoms with Gasteiger partial charge in [-0.25, -0.2) is 4.79 Å². The van der Waals surface area contributed by atoms with Crippen molar-refractivity contribution in [2.45, 2.75) is 26.7 Å². The van der Waals surface area contributed by atoms with Crippen LogP contribution in [0.4, 0.5) is 4.79 Å². The monoisotopic (exact) mass is 158 g/mol. The van der Waals surface area contributed by atoms with Gasteiger partial charge in [0.05, 0.1) is 0 Å². The number of rotatable bonds is 3. The number of primary amides is 1. The lowest BCUT2D eigenvalue weighted by molar-refractivity contribution is -0.127. The second kappa shape index (κ2) is 4.71. The van der Waals surface area contributed by atoms with Crippen molar-refractivity contribution in [1.29, 1.82) is 0 Å². The van der Waals surface area contributed by atoms with E-state index in [1.165, 1.54) is 0 Å². The maximum absolute atomic E-state index is 11.0. The summed E-state index contributed by atoms with van der Waals surface area (Å²) in [6.45, 7) is 4.01. The molecule has 4 nitrogen and oxygen atoms in total. The van der Waals surface area contributed by atoms with Crippen LogP contribution < -0.4 is 5.73 Å². The maximum Gasteiger partial charge on any atom is 0.321 e. The van der Waals surface area contributed by atoms with Gasteiger partial charge in [0.1, 0.15) is 0 Å². The molecule has 0 aliphatic carbocycles. The van der Waals surface area contributed by atoms with E-state index in [-0.39, 0.29) is 5.91 Å². The van der Waals surface area contributed by atoms with Gasteiger partial charge in [-0.3, -0.25) is 9.69 Å². The number of amides is 3. The minimum Gasteiger partial charge on any atom is -0.351 e. The van der Waals surface area contributed by atoms with Crippen molar-refractivity contribution in [2.24, 2.45) is 5.73 Å². The third-order valence-electron chi connectivity index (χ3n) is 1.32. The Balaban J connectivity index is 4.09. The molecule has 0 rings (SSSR count). The molecule has 0 heterocycles. The fourth-order valence-electron chi connectivity index (χ4n) is 0.772. The molecular formula is C7H14N2O2. The predicted molar refractivity (Wildman–Crippen MR) is 41.9 cm³/mol. The van der Waals surface area contributed by atoms with Crippen LogP contribution in [0, 0.1) is 0 Å². The van der Waals surface area contributed by atoms with Crippen LogP contribution >= 0.6 is 0 Å². The molecule has 0 saturated carbocycles. The van der Waals surface area contributed by atoms with Gasteiger partial charge < -0.3 is 5.73 Å². The molecule has 64 valence electrons. The number of hydrogen-bond acceptors (Lipinski definition) is 2. The van der Waals surface area contributed by atoms with Crippen LogP contribution in [-0.4, -0.2) is 23.4 Å². The van der Waals surface area contributed by atoms with Crippen molar-refractivity contribution in [2.75, 3.05) is 6.54 Å². The summed E-state index contributed by atoms with van der Waals surface area (Å²) in [7, 11) is 0. The van der Waals surface area contributed by atoms with Gasteiger partial charge in [0.25, 0.3) is 0 Å². The van der Waals surface area contributed by atoms with Crippen molar-refractivity contribution in [3.63, 3.8) is 0 Å². The average Bonchev–Trinajstić information content (AvgIpc) is 1.98. The number of carbonyl (C=O) groups excluding carboxylic acids is 2. The smallest absolute Gasteiger partial charge is 0.321 e. The average molecular weight is 158 g/mol. The highest BCUT2D eigenvalue weighted by molar-refractivity contribution is 5.93. The van der Waals surface area contributed by atoms with Crippen molar-refractivity contribution < 1.29 is 9.59 Å². The number of hydrogen-bond donors (Lipinski definition) is 1. The molecule has 0 radical (unpaired) electrons. The molecule has 0 spiro atoms. The Morgan fingerprint density at radius 3 is 2.18 bits per heavy atom. The van der Waals surface area contributed by atoms with E-state index < -0.39 is 6.03 Å². The van der Waals surface area contributed by atoms with Crippen LogP contribution in [-0.2, 0) is 4.79 Å². The van der Waals surface area contributed by atoms with Gasteiger partial charge >= 0.3 is 6.03 Å². The normalized spacial score (nSPS) is 9.27. The summed E-state index contributed by atoms with van der Waals surface area (Å²) >= 11 is 0. The summed E-state index contributed by atoms with van der Waals surface area (Å²) in [4.78, 5) is 22.7. The van der Waals surface area contributed by atoms with Crippen molar-refractivity contribution in [1.82, 2.24) is 4.90 Å². The molecule has 0 aromatic carbocycles. The summed E-state index contributed by atoms with van der Waals surface area (Å²) in [5.41, 5.74) is 4.97. The highest BCUT2D eigenvalue weighted by Crippen LogP contribution is 1.94. The zero-order valence-corrected chi connectivity index (χ0v) is 6.96. The first-order chi connectivity index (χ1) is 5.13. The Labute approximate surface area is 66.4 Å². The van der Waals surface area contributed by atoms with Gasteiger partial charge in [-0.15, -0.1) is 0 Å². The maximum atomic E-state index is 11.0.